The van der Waals surface area contributed by atoms with Gasteiger partial charge in [0, 0.05) is 22.8 Å². The van der Waals surface area contributed by atoms with Crippen LogP contribution in [0, 0.1) is 0 Å². The third kappa shape index (κ3) is 5.08. The van der Waals surface area contributed by atoms with E-state index >= 15 is 0 Å². The van der Waals surface area contributed by atoms with Gasteiger partial charge in [-0.25, -0.2) is 0 Å². The molecule has 110 valence electrons. The maximum atomic E-state index is 11.6. The molecule has 2 aromatic carbocycles. The van der Waals surface area contributed by atoms with Gasteiger partial charge in [-0.3, -0.25) is 4.79 Å². The van der Waals surface area contributed by atoms with E-state index in [1.54, 1.807) is 11.8 Å². The van der Waals surface area contributed by atoms with Crippen molar-refractivity contribution in [2.75, 3.05) is 19.0 Å². The van der Waals surface area contributed by atoms with E-state index in [1.165, 1.54) is 12.7 Å². The number of carbonyl (C=O) groups excluding carboxylic acids is 1. The number of hydrogen-bond acceptors (Lipinski definition) is 3. The standard InChI is InChI=1S/C16H16ClNO2S/c1-20-10-16(19)18-14-4-2-3-5-15(14)21-11-12-6-8-13(17)9-7-12/h2-9H,10-11H2,1H3,(H,18,19). The first kappa shape index (κ1) is 15.9. The molecule has 0 aromatic heterocycles. The van der Waals surface area contributed by atoms with Gasteiger partial charge in [0.15, 0.2) is 0 Å². The summed E-state index contributed by atoms with van der Waals surface area (Å²) in [6.45, 7) is 0.0518. The van der Waals surface area contributed by atoms with Crippen molar-refractivity contribution in [1.82, 2.24) is 0 Å². The largest absolute Gasteiger partial charge is 0.375 e. The molecule has 0 saturated heterocycles. The summed E-state index contributed by atoms with van der Waals surface area (Å²) in [5, 5.41) is 3.58. The van der Waals surface area contributed by atoms with Crippen LogP contribution in [-0.2, 0) is 15.3 Å². The second-order valence-corrected chi connectivity index (χ2v) is 5.85. The second-order valence-electron chi connectivity index (χ2n) is 4.39. The van der Waals surface area contributed by atoms with Gasteiger partial charge < -0.3 is 10.1 Å². The monoisotopic (exact) mass is 321 g/mol. The van der Waals surface area contributed by atoms with Gasteiger partial charge in [0.2, 0.25) is 5.91 Å². The molecule has 0 unspecified atom stereocenters. The van der Waals surface area contributed by atoms with Crippen molar-refractivity contribution >= 4 is 35.0 Å². The van der Waals surface area contributed by atoms with E-state index in [0.717, 1.165) is 21.4 Å². The lowest BCUT2D eigenvalue weighted by Crippen LogP contribution is -2.17. The van der Waals surface area contributed by atoms with Crippen molar-refractivity contribution in [3.05, 3.63) is 59.1 Å². The predicted octanol–water partition coefficient (Wildman–Crippen LogP) is 4.22. The highest BCUT2D eigenvalue weighted by Gasteiger charge is 2.07. The molecule has 21 heavy (non-hydrogen) atoms. The van der Waals surface area contributed by atoms with Gasteiger partial charge in [0.1, 0.15) is 6.61 Å². The van der Waals surface area contributed by atoms with Crippen molar-refractivity contribution < 1.29 is 9.53 Å². The number of hydrogen-bond donors (Lipinski definition) is 1. The van der Waals surface area contributed by atoms with Crippen LogP contribution in [-0.4, -0.2) is 19.6 Å². The number of carbonyl (C=O) groups is 1. The van der Waals surface area contributed by atoms with Gasteiger partial charge in [-0.05, 0) is 29.8 Å². The Morgan fingerprint density at radius 3 is 2.62 bits per heavy atom. The summed E-state index contributed by atoms with van der Waals surface area (Å²) in [5.41, 5.74) is 1.99. The summed E-state index contributed by atoms with van der Waals surface area (Å²) < 4.78 is 4.82. The van der Waals surface area contributed by atoms with Crippen LogP contribution in [0.25, 0.3) is 0 Å². The van der Waals surface area contributed by atoms with Crippen molar-refractivity contribution in [1.29, 1.82) is 0 Å². The predicted molar refractivity (Wildman–Crippen MR) is 88.0 cm³/mol. The molecule has 1 amide bonds. The van der Waals surface area contributed by atoms with Crippen LogP contribution in [0.4, 0.5) is 5.69 Å². The van der Waals surface area contributed by atoms with Gasteiger partial charge in [-0.2, -0.15) is 0 Å². The fourth-order valence-corrected chi connectivity index (χ4v) is 2.84. The first-order valence-corrected chi connectivity index (χ1v) is 7.80. The van der Waals surface area contributed by atoms with Crippen LogP contribution in [0.15, 0.2) is 53.4 Å². The molecule has 2 rings (SSSR count). The fourth-order valence-electron chi connectivity index (χ4n) is 1.75. The third-order valence-corrected chi connectivity index (χ3v) is 4.14. The Labute approximate surface area is 133 Å². The molecule has 0 aliphatic carbocycles. The van der Waals surface area contributed by atoms with E-state index in [2.05, 4.69) is 5.32 Å². The van der Waals surface area contributed by atoms with Crippen LogP contribution in [0.1, 0.15) is 5.56 Å². The fraction of sp³-hybridized carbons (Fsp3) is 0.188. The molecule has 0 heterocycles. The van der Waals surface area contributed by atoms with Crippen LogP contribution in [0.5, 0.6) is 0 Å². The topological polar surface area (TPSA) is 38.3 Å². The Hall–Kier alpha value is -1.49. The number of amides is 1. The van der Waals surface area contributed by atoms with E-state index in [1.807, 2.05) is 48.5 Å². The Morgan fingerprint density at radius 2 is 1.90 bits per heavy atom. The number of methoxy groups -OCH3 is 1. The number of anilines is 1. The lowest BCUT2D eigenvalue weighted by molar-refractivity contribution is -0.119. The summed E-state index contributed by atoms with van der Waals surface area (Å²) in [6, 6.07) is 15.5. The Balaban J connectivity index is 2.02. The molecule has 0 radical (unpaired) electrons. The normalized spacial score (nSPS) is 10.4. The highest BCUT2D eigenvalue weighted by Crippen LogP contribution is 2.30. The molecule has 0 atom stereocenters. The number of halogens is 1. The number of benzene rings is 2. The number of para-hydroxylation sites is 1. The quantitative estimate of drug-likeness (QED) is 0.810. The minimum Gasteiger partial charge on any atom is -0.375 e. The molecule has 0 spiro atoms. The summed E-state index contributed by atoms with van der Waals surface area (Å²) in [5.74, 6) is 0.658. The zero-order chi connectivity index (χ0) is 15.1. The van der Waals surface area contributed by atoms with Gasteiger partial charge in [0.25, 0.3) is 0 Å². The maximum absolute atomic E-state index is 11.6. The maximum Gasteiger partial charge on any atom is 0.250 e. The molecule has 2 aromatic rings. The lowest BCUT2D eigenvalue weighted by Gasteiger charge is -2.10. The summed E-state index contributed by atoms with van der Waals surface area (Å²) in [7, 11) is 1.50. The second kappa shape index (κ2) is 8.08. The summed E-state index contributed by atoms with van der Waals surface area (Å²) in [4.78, 5) is 12.6. The SMILES string of the molecule is COCC(=O)Nc1ccccc1SCc1ccc(Cl)cc1. The van der Waals surface area contributed by atoms with Crippen molar-refractivity contribution in [3.63, 3.8) is 0 Å². The van der Waals surface area contributed by atoms with E-state index < -0.39 is 0 Å². The number of rotatable bonds is 6. The Kier molecular flexibility index (Phi) is 6.11. The Morgan fingerprint density at radius 1 is 1.19 bits per heavy atom. The zero-order valence-corrected chi connectivity index (χ0v) is 13.2. The van der Waals surface area contributed by atoms with Gasteiger partial charge in [0.05, 0.1) is 5.69 Å². The third-order valence-electron chi connectivity index (χ3n) is 2.74. The Bertz CT molecular complexity index is 601. The highest BCUT2D eigenvalue weighted by atomic mass is 35.5. The van der Waals surface area contributed by atoms with Crippen LogP contribution in [0.2, 0.25) is 5.02 Å². The molecule has 0 bridgehead atoms. The van der Waals surface area contributed by atoms with Crippen LogP contribution >= 0.6 is 23.4 Å². The van der Waals surface area contributed by atoms with Crippen molar-refractivity contribution in [2.45, 2.75) is 10.6 Å². The van der Waals surface area contributed by atoms with Gasteiger partial charge in [-0.1, -0.05) is 35.9 Å². The van der Waals surface area contributed by atoms with Crippen LogP contribution < -0.4 is 5.32 Å². The van der Waals surface area contributed by atoms with Gasteiger partial charge >= 0.3 is 0 Å². The average Bonchev–Trinajstić information content (AvgIpc) is 2.48. The molecule has 0 saturated carbocycles. The molecule has 1 N–H and O–H groups in total. The first-order valence-electron chi connectivity index (χ1n) is 6.44. The number of nitrogens with one attached hydrogen (secondary N) is 1. The average molecular weight is 322 g/mol. The number of thioether (sulfide) groups is 1. The molecule has 0 fully saturated rings. The zero-order valence-electron chi connectivity index (χ0n) is 11.6. The van der Waals surface area contributed by atoms with Crippen molar-refractivity contribution in [2.24, 2.45) is 0 Å². The minimum atomic E-state index is -0.156. The molecule has 3 nitrogen and oxygen atoms in total. The molecule has 0 aliphatic heterocycles. The van der Waals surface area contributed by atoms with E-state index in [0.29, 0.717) is 0 Å². The first-order chi connectivity index (χ1) is 10.2. The van der Waals surface area contributed by atoms with Crippen molar-refractivity contribution in [3.8, 4) is 0 Å². The van der Waals surface area contributed by atoms with E-state index in [9.17, 15) is 4.79 Å². The molecule has 0 aliphatic rings. The molecular weight excluding hydrogens is 306 g/mol. The smallest absolute Gasteiger partial charge is 0.250 e. The minimum absolute atomic E-state index is 0.0518. The van der Waals surface area contributed by atoms with E-state index in [4.69, 9.17) is 16.3 Å². The van der Waals surface area contributed by atoms with E-state index in [-0.39, 0.29) is 12.5 Å². The molecule has 5 heteroatoms. The molecular formula is C16H16ClNO2S. The summed E-state index contributed by atoms with van der Waals surface area (Å²) >= 11 is 7.54. The summed E-state index contributed by atoms with van der Waals surface area (Å²) in [6.07, 6.45) is 0. The number of ether oxygens (including phenoxy) is 1. The lowest BCUT2D eigenvalue weighted by atomic mass is 10.2. The van der Waals surface area contributed by atoms with Gasteiger partial charge in [-0.15, -0.1) is 11.8 Å². The highest BCUT2D eigenvalue weighted by molar-refractivity contribution is 7.98. The van der Waals surface area contributed by atoms with Crippen LogP contribution in [0.3, 0.4) is 0 Å².